The van der Waals surface area contributed by atoms with Crippen LogP contribution in [0.25, 0.3) is 22.6 Å². The predicted molar refractivity (Wildman–Crippen MR) is 191 cm³/mol. The molecule has 1 N–H and O–H groups in total. The summed E-state index contributed by atoms with van der Waals surface area (Å²) < 4.78 is 19.8. The number of aromatic hydroxyl groups is 1. The SMILES string of the molecule is Cc1cc(C2C3=CCC4C(=O)N(c5ccc(-c6nc7ccccc7o6)cc5)C(=O)C4C3CC3(Cl)C(=O)N(c4ccc(F)cc4)C(=O)C23Cl)ccc1O. The molecule has 12 heteroatoms. The molecule has 2 aliphatic heterocycles. The largest absolute Gasteiger partial charge is 0.508 e. The molecule has 2 aliphatic carbocycles. The van der Waals surface area contributed by atoms with Gasteiger partial charge in [-0.15, -0.1) is 23.2 Å². The highest BCUT2D eigenvalue weighted by Gasteiger charge is 2.76. The van der Waals surface area contributed by atoms with Crippen molar-refractivity contribution in [2.75, 3.05) is 9.80 Å². The summed E-state index contributed by atoms with van der Waals surface area (Å²) in [5, 5.41) is 10.4. The van der Waals surface area contributed by atoms with Gasteiger partial charge in [-0.3, -0.25) is 24.1 Å². The molecule has 5 aromatic rings. The Morgan fingerprint density at radius 3 is 2.25 bits per heavy atom. The summed E-state index contributed by atoms with van der Waals surface area (Å²) in [7, 11) is 0. The van der Waals surface area contributed by atoms with Crippen LogP contribution in [0.2, 0.25) is 0 Å². The van der Waals surface area contributed by atoms with Crippen LogP contribution in [0.4, 0.5) is 15.8 Å². The van der Waals surface area contributed by atoms with E-state index in [1.165, 1.54) is 23.1 Å². The summed E-state index contributed by atoms with van der Waals surface area (Å²) in [6, 6.07) is 23.8. The third kappa shape index (κ3) is 4.37. The van der Waals surface area contributed by atoms with Crippen molar-refractivity contribution in [1.82, 2.24) is 4.98 Å². The van der Waals surface area contributed by atoms with Crippen molar-refractivity contribution in [2.24, 2.45) is 17.8 Å². The zero-order valence-corrected chi connectivity index (χ0v) is 28.9. The van der Waals surface area contributed by atoms with E-state index >= 15 is 0 Å². The Bertz CT molecular complexity index is 2380. The summed E-state index contributed by atoms with van der Waals surface area (Å²) >= 11 is 14.9. The molecule has 3 fully saturated rings. The number of phenolic OH excluding ortho intramolecular Hbond substituents is 1. The molecule has 4 amide bonds. The number of nitrogens with zero attached hydrogens (tertiary/aromatic N) is 3. The maximum Gasteiger partial charge on any atom is 0.258 e. The monoisotopic (exact) mass is 735 g/mol. The van der Waals surface area contributed by atoms with Crippen LogP contribution in [0.15, 0.2) is 107 Å². The molecule has 1 aromatic heterocycles. The summed E-state index contributed by atoms with van der Waals surface area (Å²) in [6.07, 6.45) is 1.84. The molecule has 9 nitrogen and oxygen atoms in total. The van der Waals surface area contributed by atoms with Gasteiger partial charge in [0.25, 0.3) is 11.8 Å². The van der Waals surface area contributed by atoms with Crippen LogP contribution >= 0.6 is 23.2 Å². The number of fused-ring (bicyclic) bond motifs is 5. The second-order valence-electron chi connectivity index (χ2n) is 13.8. The van der Waals surface area contributed by atoms with Crippen LogP contribution in [0, 0.1) is 30.5 Å². The maximum absolute atomic E-state index is 14.5. The van der Waals surface area contributed by atoms with Crippen LogP contribution in [-0.2, 0) is 19.2 Å². The van der Waals surface area contributed by atoms with Crippen molar-refractivity contribution in [3.05, 3.63) is 120 Å². The first-order valence-electron chi connectivity index (χ1n) is 16.8. The second kappa shape index (κ2) is 11.3. The smallest absolute Gasteiger partial charge is 0.258 e. The number of benzene rings is 4. The van der Waals surface area contributed by atoms with Gasteiger partial charge in [0.05, 0.1) is 23.2 Å². The molecule has 52 heavy (non-hydrogen) atoms. The molecule has 1 saturated carbocycles. The number of hydrogen-bond donors (Lipinski definition) is 1. The number of imide groups is 2. The number of anilines is 2. The van der Waals surface area contributed by atoms with E-state index in [-0.39, 0.29) is 30.2 Å². The summed E-state index contributed by atoms with van der Waals surface area (Å²) in [5.74, 6) is -5.96. The molecule has 6 atom stereocenters. The van der Waals surface area contributed by atoms with E-state index in [1.807, 2.05) is 30.3 Å². The predicted octanol–water partition coefficient (Wildman–Crippen LogP) is 7.42. The molecule has 260 valence electrons. The fraction of sp³-hybridized carbons (Fsp3) is 0.225. The number of oxazole rings is 1. The average Bonchev–Trinajstić information content (AvgIpc) is 3.73. The highest BCUT2D eigenvalue weighted by Crippen LogP contribution is 2.66. The van der Waals surface area contributed by atoms with E-state index in [2.05, 4.69) is 4.98 Å². The van der Waals surface area contributed by atoms with Crippen molar-refractivity contribution in [3.63, 3.8) is 0 Å². The van der Waals surface area contributed by atoms with Crippen molar-refractivity contribution >= 4 is 69.3 Å². The number of aryl methyl sites for hydroxylation is 1. The quantitative estimate of drug-likeness (QED) is 0.116. The molecule has 6 unspecified atom stereocenters. The first-order valence-corrected chi connectivity index (χ1v) is 17.5. The van der Waals surface area contributed by atoms with Gasteiger partial charge in [-0.25, -0.2) is 14.3 Å². The average molecular weight is 737 g/mol. The van der Waals surface area contributed by atoms with E-state index < -0.39 is 57.0 Å². The first-order chi connectivity index (χ1) is 24.9. The first kappa shape index (κ1) is 32.6. The van der Waals surface area contributed by atoms with Gasteiger partial charge in [0.2, 0.25) is 17.7 Å². The van der Waals surface area contributed by atoms with Gasteiger partial charge in [-0.05, 0) is 104 Å². The third-order valence-corrected chi connectivity index (χ3v) is 12.5. The lowest BCUT2D eigenvalue weighted by molar-refractivity contribution is -0.125. The lowest BCUT2D eigenvalue weighted by atomic mass is 9.56. The molecule has 0 bridgehead atoms. The molecule has 0 radical (unpaired) electrons. The van der Waals surface area contributed by atoms with E-state index in [4.69, 9.17) is 27.6 Å². The van der Waals surface area contributed by atoms with Crippen LogP contribution in [0.3, 0.4) is 0 Å². The Balaban J connectivity index is 1.12. The number of allylic oxidation sites excluding steroid dienone is 2. The van der Waals surface area contributed by atoms with E-state index in [0.29, 0.717) is 44.9 Å². The van der Waals surface area contributed by atoms with Crippen molar-refractivity contribution in [3.8, 4) is 17.2 Å². The lowest BCUT2D eigenvalue weighted by Crippen LogP contribution is -2.60. The number of hydrogen-bond acceptors (Lipinski definition) is 7. The number of phenols is 1. The number of carbonyl (C=O) groups is 4. The number of aromatic nitrogens is 1. The minimum absolute atomic E-state index is 0.0191. The Morgan fingerprint density at radius 2 is 1.54 bits per heavy atom. The Morgan fingerprint density at radius 1 is 0.846 bits per heavy atom. The van der Waals surface area contributed by atoms with Crippen molar-refractivity contribution in [1.29, 1.82) is 0 Å². The van der Waals surface area contributed by atoms with Crippen LogP contribution in [0.1, 0.15) is 29.9 Å². The lowest BCUT2D eigenvalue weighted by Gasteiger charge is -2.50. The van der Waals surface area contributed by atoms with Gasteiger partial charge in [-0.2, -0.15) is 0 Å². The topological polar surface area (TPSA) is 121 Å². The molecule has 3 heterocycles. The van der Waals surface area contributed by atoms with E-state index in [9.17, 15) is 28.7 Å². The van der Waals surface area contributed by atoms with Gasteiger partial charge in [0.15, 0.2) is 15.3 Å². The van der Waals surface area contributed by atoms with Crippen LogP contribution in [-0.4, -0.2) is 43.5 Å². The highest BCUT2D eigenvalue weighted by atomic mass is 35.5. The van der Waals surface area contributed by atoms with Gasteiger partial charge < -0.3 is 9.52 Å². The van der Waals surface area contributed by atoms with Crippen molar-refractivity contribution in [2.45, 2.75) is 35.4 Å². The molecule has 9 rings (SSSR count). The maximum atomic E-state index is 14.5. The summed E-state index contributed by atoms with van der Waals surface area (Å²) in [4.78, 5) is 60.0. The fourth-order valence-corrected chi connectivity index (χ4v) is 9.57. The molecule has 4 aliphatic rings. The third-order valence-electron chi connectivity index (χ3n) is 11.1. The van der Waals surface area contributed by atoms with Gasteiger partial charge >= 0.3 is 0 Å². The van der Waals surface area contributed by atoms with Crippen LogP contribution in [0.5, 0.6) is 5.75 Å². The summed E-state index contributed by atoms with van der Waals surface area (Å²) in [6.45, 7) is 1.69. The Kier molecular flexibility index (Phi) is 7.10. The molecule has 0 spiro atoms. The van der Waals surface area contributed by atoms with E-state index in [0.717, 1.165) is 17.0 Å². The number of halogens is 3. The number of rotatable bonds is 4. The van der Waals surface area contributed by atoms with Gasteiger partial charge in [0, 0.05) is 11.5 Å². The molecular weight excluding hydrogens is 708 g/mol. The molecule has 2 saturated heterocycles. The highest BCUT2D eigenvalue weighted by molar-refractivity contribution is 6.58. The minimum Gasteiger partial charge on any atom is -0.508 e. The summed E-state index contributed by atoms with van der Waals surface area (Å²) in [5.41, 5.74) is 4.10. The zero-order chi connectivity index (χ0) is 36.3. The second-order valence-corrected chi connectivity index (χ2v) is 15.1. The van der Waals surface area contributed by atoms with Crippen LogP contribution < -0.4 is 9.80 Å². The van der Waals surface area contributed by atoms with Crippen molar-refractivity contribution < 1.29 is 33.1 Å². The van der Waals surface area contributed by atoms with Gasteiger partial charge in [-0.1, -0.05) is 35.9 Å². The standard InChI is InChI=1S/C40H28Cl2FN3O6/c1-20-18-22(8-17-30(20)47)33-26-15-16-27-32(28(26)19-39(41)37(50)46(38(51)40(33,39)42)25-13-9-23(43)10-14-25)36(49)45(35(27)48)24-11-6-21(7-12-24)34-44-29-4-2-3-5-31(29)52-34/h2-15,17-18,27-28,32-33,47H,16,19H2,1H3. The van der Waals surface area contributed by atoms with Gasteiger partial charge in [0.1, 0.15) is 17.1 Å². The Labute approximate surface area is 306 Å². The molecular formula is C40H28Cl2FN3O6. The number of alkyl halides is 2. The number of para-hydroxylation sites is 2. The van der Waals surface area contributed by atoms with E-state index in [1.54, 1.807) is 43.3 Å². The zero-order valence-electron chi connectivity index (χ0n) is 27.4. The minimum atomic E-state index is -2.07. The number of amides is 4. The normalized spacial score (nSPS) is 28.3. The number of carbonyl (C=O) groups excluding carboxylic acids is 4. The fourth-order valence-electron chi connectivity index (χ4n) is 8.63. The Hall–Kier alpha value is -5.32. The molecule has 4 aromatic carbocycles.